The number of thioether (sulfide) groups is 1. The summed E-state index contributed by atoms with van der Waals surface area (Å²) in [5, 5.41) is 2.13. The van der Waals surface area contributed by atoms with Gasteiger partial charge in [0.1, 0.15) is 0 Å². The van der Waals surface area contributed by atoms with Crippen molar-refractivity contribution >= 4 is 39.0 Å². The standard InChI is InChI=1S/C10H16BrNS2/c1-8(7-13-3)12(2)6-10-9(11)4-5-14-10/h4-5,8H,6-7H2,1-3H3. The highest BCUT2D eigenvalue weighted by molar-refractivity contribution is 9.10. The van der Waals surface area contributed by atoms with E-state index >= 15 is 0 Å². The van der Waals surface area contributed by atoms with Gasteiger partial charge in [-0.05, 0) is 47.6 Å². The van der Waals surface area contributed by atoms with Gasteiger partial charge in [0.05, 0.1) is 0 Å². The van der Waals surface area contributed by atoms with Crippen LogP contribution >= 0.6 is 39.0 Å². The van der Waals surface area contributed by atoms with Crippen molar-refractivity contribution in [3.05, 3.63) is 20.8 Å². The third-order valence-electron chi connectivity index (χ3n) is 2.24. The van der Waals surface area contributed by atoms with E-state index in [4.69, 9.17) is 0 Å². The molecule has 0 amide bonds. The molecular formula is C10H16BrNS2. The van der Waals surface area contributed by atoms with Gasteiger partial charge in [-0.15, -0.1) is 11.3 Å². The lowest BCUT2D eigenvalue weighted by Crippen LogP contribution is -2.30. The summed E-state index contributed by atoms with van der Waals surface area (Å²) in [6.45, 7) is 3.32. The van der Waals surface area contributed by atoms with E-state index in [0.717, 1.165) is 6.54 Å². The first-order valence-electron chi connectivity index (χ1n) is 4.56. The molecule has 14 heavy (non-hydrogen) atoms. The Morgan fingerprint density at radius 2 is 2.36 bits per heavy atom. The molecule has 1 rings (SSSR count). The second kappa shape index (κ2) is 6.16. The quantitative estimate of drug-likeness (QED) is 0.814. The van der Waals surface area contributed by atoms with Crippen molar-refractivity contribution in [3.63, 3.8) is 0 Å². The zero-order valence-electron chi connectivity index (χ0n) is 8.79. The summed E-state index contributed by atoms with van der Waals surface area (Å²) in [7, 11) is 2.19. The Bertz CT molecular complexity index is 275. The van der Waals surface area contributed by atoms with E-state index < -0.39 is 0 Å². The van der Waals surface area contributed by atoms with Crippen LogP contribution in [0.4, 0.5) is 0 Å². The summed E-state index contributed by atoms with van der Waals surface area (Å²) >= 11 is 7.28. The van der Waals surface area contributed by atoms with Crippen LogP contribution in [0, 0.1) is 0 Å². The van der Waals surface area contributed by atoms with Gasteiger partial charge >= 0.3 is 0 Å². The predicted octanol–water partition coefficient (Wildman–Crippen LogP) is 3.69. The van der Waals surface area contributed by atoms with Crippen molar-refractivity contribution in [3.8, 4) is 0 Å². The minimum atomic E-state index is 0.638. The molecule has 80 valence electrons. The molecule has 0 saturated heterocycles. The van der Waals surface area contributed by atoms with Crippen molar-refractivity contribution < 1.29 is 0 Å². The molecule has 1 nitrogen and oxygen atoms in total. The second-order valence-electron chi connectivity index (χ2n) is 3.41. The highest BCUT2D eigenvalue weighted by atomic mass is 79.9. The summed E-state index contributed by atoms with van der Waals surface area (Å²) in [5.74, 6) is 1.19. The summed E-state index contributed by atoms with van der Waals surface area (Å²) in [6.07, 6.45) is 2.16. The number of hydrogen-bond acceptors (Lipinski definition) is 3. The van der Waals surface area contributed by atoms with Gasteiger partial charge in [0.25, 0.3) is 0 Å². The Morgan fingerprint density at radius 3 is 2.86 bits per heavy atom. The number of halogens is 1. The molecule has 0 N–H and O–H groups in total. The van der Waals surface area contributed by atoms with E-state index in [0.29, 0.717) is 6.04 Å². The predicted molar refractivity (Wildman–Crippen MR) is 71.3 cm³/mol. The van der Waals surface area contributed by atoms with E-state index in [-0.39, 0.29) is 0 Å². The zero-order chi connectivity index (χ0) is 10.6. The molecule has 1 unspecified atom stereocenters. The number of hydrogen-bond donors (Lipinski definition) is 0. The van der Waals surface area contributed by atoms with Crippen molar-refractivity contribution in [2.75, 3.05) is 19.1 Å². The van der Waals surface area contributed by atoms with Crippen LogP contribution in [0.2, 0.25) is 0 Å². The molecule has 0 aromatic carbocycles. The molecule has 1 atom stereocenters. The first kappa shape index (κ1) is 12.6. The maximum absolute atomic E-state index is 3.56. The molecule has 0 saturated carbocycles. The Hall–Kier alpha value is 0.490. The SMILES string of the molecule is CSCC(C)N(C)Cc1sccc1Br. The average Bonchev–Trinajstić information content (AvgIpc) is 2.52. The van der Waals surface area contributed by atoms with E-state index in [9.17, 15) is 0 Å². The molecule has 1 aromatic rings. The molecule has 1 aromatic heterocycles. The first-order valence-corrected chi connectivity index (χ1v) is 7.63. The van der Waals surface area contributed by atoms with Crippen LogP contribution in [-0.2, 0) is 6.54 Å². The normalized spacial score (nSPS) is 13.5. The van der Waals surface area contributed by atoms with Gasteiger partial charge in [0.15, 0.2) is 0 Å². The average molecular weight is 294 g/mol. The Labute approximate surface area is 103 Å². The molecule has 1 heterocycles. The van der Waals surface area contributed by atoms with Gasteiger partial charge in [-0.1, -0.05) is 0 Å². The maximum Gasteiger partial charge on any atom is 0.0339 e. The third-order valence-corrected chi connectivity index (χ3v) is 4.97. The van der Waals surface area contributed by atoms with E-state index in [2.05, 4.69) is 52.5 Å². The number of thiophene rings is 1. The van der Waals surface area contributed by atoms with Crippen molar-refractivity contribution in [2.45, 2.75) is 19.5 Å². The minimum absolute atomic E-state index is 0.638. The highest BCUT2D eigenvalue weighted by Gasteiger charge is 2.11. The van der Waals surface area contributed by atoms with E-state index in [1.165, 1.54) is 15.1 Å². The summed E-state index contributed by atoms with van der Waals surface area (Å²) in [5.41, 5.74) is 0. The monoisotopic (exact) mass is 293 g/mol. The molecule has 0 aliphatic rings. The Morgan fingerprint density at radius 1 is 1.64 bits per heavy atom. The van der Waals surface area contributed by atoms with Crippen LogP contribution in [-0.4, -0.2) is 30.0 Å². The van der Waals surface area contributed by atoms with Crippen LogP contribution in [0.3, 0.4) is 0 Å². The van der Waals surface area contributed by atoms with Crippen molar-refractivity contribution in [1.82, 2.24) is 4.90 Å². The fourth-order valence-electron chi connectivity index (χ4n) is 1.19. The van der Waals surface area contributed by atoms with Crippen LogP contribution in [0.15, 0.2) is 15.9 Å². The summed E-state index contributed by atoms with van der Waals surface area (Å²) in [6, 6.07) is 2.76. The smallest absolute Gasteiger partial charge is 0.0339 e. The van der Waals surface area contributed by atoms with Gasteiger partial charge in [-0.2, -0.15) is 11.8 Å². The van der Waals surface area contributed by atoms with E-state index in [1.54, 1.807) is 0 Å². The molecule has 0 spiro atoms. The summed E-state index contributed by atoms with van der Waals surface area (Å²) < 4.78 is 1.24. The lowest BCUT2D eigenvalue weighted by Gasteiger charge is -2.23. The molecular weight excluding hydrogens is 278 g/mol. The topological polar surface area (TPSA) is 3.24 Å². The van der Waals surface area contributed by atoms with Crippen LogP contribution in [0.1, 0.15) is 11.8 Å². The van der Waals surface area contributed by atoms with Crippen LogP contribution < -0.4 is 0 Å². The first-order chi connectivity index (χ1) is 6.65. The lowest BCUT2D eigenvalue weighted by atomic mass is 10.3. The van der Waals surface area contributed by atoms with Crippen LogP contribution in [0.5, 0.6) is 0 Å². The molecule has 0 fully saturated rings. The molecule has 4 heteroatoms. The lowest BCUT2D eigenvalue weighted by molar-refractivity contribution is 0.271. The highest BCUT2D eigenvalue weighted by Crippen LogP contribution is 2.24. The minimum Gasteiger partial charge on any atom is -0.298 e. The van der Waals surface area contributed by atoms with Gasteiger partial charge in [0.2, 0.25) is 0 Å². The molecule has 0 radical (unpaired) electrons. The van der Waals surface area contributed by atoms with E-state index in [1.807, 2.05) is 23.1 Å². The van der Waals surface area contributed by atoms with Crippen molar-refractivity contribution in [2.24, 2.45) is 0 Å². The fraction of sp³-hybridized carbons (Fsp3) is 0.600. The largest absolute Gasteiger partial charge is 0.298 e. The fourth-order valence-corrected chi connectivity index (χ4v) is 3.47. The van der Waals surface area contributed by atoms with Crippen LogP contribution in [0.25, 0.3) is 0 Å². The molecule has 0 bridgehead atoms. The molecule has 0 aliphatic carbocycles. The van der Waals surface area contributed by atoms with Gasteiger partial charge < -0.3 is 0 Å². The third kappa shape index (κ3) is 3.57. The number of nitrogens with zero attached hydrogens (tertiary/aromatic N) is 1. The molecule has 0 aliphatic heterocycles. The Kier molecular flexibility index (Phi) is 5.52. The number of rotatable bonds is 5. The van der Waals surface area contributed by atoms with Gasteiger partial charge in [-0.3, -0.25) is 4.90 Å². The van der Waals surface area contributed by atoms with Crippen molar-refractivity contribution in [1.29, 1.82) is 0 Å². The summed E-state index contributed by atoms with van der Waals surface area (Å²) in [4.78, 5) is 3.81. The second-order valence-corrected chi connectivity index (χ2v) is 6.18. The zero-order valence-corrected chi connectivity index (χ0v) is 12.0. The van der Waals surface area contributed by atoms with Gasteiger partial charge in [-0.25, -0.2) is 0 Å². The Balaban J connectivity index is 2.48. The van der Waals surface area contributed by atoms with Gasteiger partial charge in [0, 0.05) is 27.7 Å². The maximum atomic E-state index is 3.56.